The number of hydrazone groups is 1. The van der Waals surface area contributed by atoms with E-state index < -0.39 is 0 Å². The maximum atomic E-state index is 8.39. The smallest absolute Gasteiger partial charge is 0.184 e. The van der Waals surface area contributed by atoms with Crippen LogP contribution in [-0.2, 0) is 0 Å². The van der Waals surface area contributed by atoms with Crippen molar-refractivity contribution in [3.05, 3.63) is 0 Å². The normalized spacial score (nSPS) is 11.2. The summed E-state index contributed by atoms with van der Waals surface area (Å²) in [5.74, 6) is 0. The lowest BCUT2D eigenvalue weighted by Gasteiger charge is -2.16. The number of thiocarbonyl (C=S) groups is 1. The summed E-state index contributed by atoms with van der Waals surface area (Å²) >= 11 is 4.57. The number of nitrogens with zero attached hydrogens (tertiary/aromatic N) is 2. The quantitative estimate of drug-likeness (QED) is 0.403. The van der Waals surface area contributed by atoms with Crippen molar-refractivity contribution in [2.24, 2.45) is 16.3 Å². The molecular weight excluding hydrogens is 184 g/mol. The molecule has 0 saturated heterocycles. The Labute approximate surface area is 83.8 Å². The van der Waals surface area contributed by atoms with Gasteiger partial charge in [0.15, 0.2) is 5.11 Å². The number of hydrogen-bond donors (Lipinski definition) is 2. The Hall–Kier alpha value is -1.15. The molecule has 13 heavy (non-hydrogen) atoms. The fraction of sp³-hybridized carbons (Fsp3) is 0.625. The average molecular weight is 198 g/mol. The van der Waals surface area contributed by atoms with Crippen LogP contribution in [-0.4, -0.2) is 11.3 Å². The molecule has 0 aliphatic carbocycles. The van der Waals surface area contributed by atoms with Crippen LogP contribution in [0.1, 0.15) is 26.7 Å². The summed E-state index contributed by atoms with van der Waals surface area (Å²) < 4.78 is 0. The largest absolute Gasteiger partial charge is 0.375 e. The van der Waals surface area contributed by atoms with Gasteiger partial charge in [-0.2, -0.15) is 10.4 Å². The second-order valence-electron chi connectivity index (χ2n) is 3.38. The van der Waals surface area contributed by atoms with Gasteiger partial charge in [-0.25, -0.2) is 0 Å². The van der Waals surface area contributed by atoms with Gasteiger partial charge in [0.1, 0.15) is 0 Å². The molecule has 0 rings (SSSR count). The van der Waals surface area contributed by atoms with Gasteiger partial charge in [0, 0.05) is 18.1 Å². The summed E-state index contributed by atoms with van der Waals surface area (Å²) in [6.07, 6.45) is 3.00. The lowest BCUT2D eigenvalue weighted by atomic mass is 9.90. The van der Waals surface area contributed by atoms with Crippen molar-refractivity contribution in [3.63, 3.8) is 0 Å². The first-order chi connectivity index (χ1) is 5.98. The molecule has 0 spiro atoms. The summed E-state index contributed by atoms with van der Waals surface area (Å²) in [5, 5.41) is 12.4. The molecule has 0 unspecified atom stereocenters. The van der Waals surface area contributed by atoms with Crippen LogP contribution in [0.4, 0.5) is 0 Å². The zero-order valence-corrected chi connectivity index (χ0v) is 8.69. The van der Waals surface area contributed by atoms with Gasteiger partial charge in [0.2, 0.25) is 0 Å². The van der Waals surface area contributed by atoms with Crippen LogP contribution in [0.3, 0.4) is 0 Å². The fourth-order valence-electron chi connectivity index (χ4n) is 0.713. The Morgan fingerprint density at radius 1 is 1.77 bits per heavy atom. The first-order valence-electron chi connectivity index (χ1n) is 3.94. The predicted octanol–water partition coefficient (Wildman–Crippen LogP) is 1.14. The Bertz CT molecular complexity index is 239. The molecule has 72 valence electrons. The molecule has 0 aliphatic rings. The molecule has 4 nitrogen and oxygen atoms in total. The minimum atomic E-state index is -0.104. The van der Waals surface area contributed by atoms with E-state index in [1.165, 1.54) is 0 Å². The van der Waals surface area contributed by atoms with Crippen LogP contribution in [0.2, 0.25) is 0 Å². The molecule has 0 aliphatic heterocycles. The average Bonchev–Trinajstić information content (AvgIpc) is 2.00. The summed E-state index contributed by atoms with van der Waals surface area (Å²) in [6, 6.07) is 2.09. The Kier molecular flexibility index (Phi) is 5.00. The predicted molar refractivity (Wildman–Crippen MR) is 57.0 cm³/mol. The number of rotatable bonds is 4. The first kappa shape index (κ1) is 11.8. The molecule has 0 aromatic rings. The van der Waals surface area contributed by atoms with Gasteiger partial charge < -0.3 is 5.73 Å². The Balaban J connectivity index is 3.94. The number of hydrogen-bond acceptors (Lipinski definition) is 3. The van der Waals surface area contributed by atoms with Gasteiger partial charge in [-0.1, -0.05) is 13.8 Å². The highest BCUT2D eigenvalue weighted by atomic mass is 32.1. The molecule has 0 fully saturated rings. The van der Waals surface area contributed by atoms with Crippen molar-refractivity contribution >= 4 is 23.5 Å². The van der Waals surface area contributed by atoms with Crippen LogP contribution in [0.5, 0.6) is 0 Å². The van der Waals surface area contributed by atoms with Crippen molar-refractivity contribution in [2.45, 2.75) is 26.7 Å². The van der Waals surface area contributed by atoms with E-state index in [4.69, 9.17) is 11.0 Å². The lowest BCUT2D eigenvalue weighted by Crippen LogP contribution is -2.25. The number of nitriles is 1. The van der Waals surface area contributed by atoms with Gasteiger partial charge >= 0.3 is 0 Å². The molecule has 3 N–H and O–H groups in total. The monoisotopic (exact) mass is 198 g/mol. The van der Waals surface area contributed by atoms with Crippen LogP contribution in [0.25, 0.3) is 0 Å². The lowest BCUT2D eigenvalue weighted by molar-refractivity contribution is 0.493. The highest BCUT2D eigenvalue weighted by molar-refractivity contribution is 7.80. The fourth-order valence-corrected chi connectivity index (χ4v) is 0.766. The van der Waals surface area contributed by atoms with Crippen molar-refractivity contribution in [1.29, 1.82) is 5.26 Å². The van der Waals surface area contributed by atoms with Crippen molar-refractivity contribution in [2.75, 3.05) is 0 Å². The maximum Gasteiger partial charge on any atom is 0.184 e. The molecule has 0 bridgehead atoms. The van der Waals surface area contributed by atoms with E-state index in [0.29, 0.717) is 6.42 Å². The van der Waals surface area contributed by atoms with Gasteiger partial charge in [0.05, 0.1) is 6.07 Å². The standard InChI is InChI=1S/C8H14N4S/c1-8(2,4-3-5-9)6-11-12-7(10)13/h6H,3-4H2,1-2H3,(H3,10,12,13)/b11-6+. The highest BCUT2D eigenvalue weighted by Crippen LogP contribution is 2.18. The maximum absolute atomic E-state index is 8.39. The minimum absolute atomic E-state index is 0.104. The van der Waals surface area contributed by atoms with Gasteiger partial charge in [0.25, 0.3) is 0 Å². The van der Waals surface area contributed by atoms with Gasteiger partial charge in [-0.3, -0.25) is 5.43 Å². The number of nitrogens with two attached hydrogens (primary N) is 1. The van der Waals surface area contributed by atoms with Crippen LogP contribution < -0.4 is 11.2 Å². The summed E-state index contributed by atoms with van der Waals surface area (Å²) in [6.45, 7) is 3.99. The van der Waals surface area contributed by atoms with E-state index >= 15 is 0 Å². The molecule has 0 saturated carbocycles. The van der Waals surface area contributed by atoms with Gasteiger partial charge in [-0.05, 0) is 18.6 Å². The molecule has 0 aromatic heterocycles. The van der Waals surface area contributed by atoms with Crippen molar-refractivity contribution in [3.8, 4) is 6.07 Å². The zero-order valence-electron chi connectivity index (χ0n) is 7.87. The van der Waals surface area contributed by atoms with Crippen molar-refractivity contribution < 1.29 is 0 Å². The second kappa shape index (κ2) is 5.49. The minimum Gasteiger partial charge on any atom is -0.375 e. The molecular formula is C8H14N4S. The Morgan fingerprint density at radius 2 is 2.38 bits per heavy atom. The van der Waals surface area contributed by atoms with E-state index in [-0.39, 0.29) is 10.5 Å². The van der Waals surface area contributed by atoms with Crippen LogP contribution >= 0.6 is 12.2 Å². The third-order valence-electron chi connectivity index (χ3n) is 1.47. The summed E-state index contributed by atoms with van der Waals surface area (Å²) in [5.41, 5.74) is 7.55. The molecule has 0 heterocycles. The molecule has 5 heteroatoms. The van der Waals surface area contributed by atoms with E-state index in [1.807, 2.05) is 13.8 Å². The Morgan fingerprint density at radius 3 is 2.85 bits per heavy atom. The molecule has 0 amide bonds. The van der Waals surface area contributed by atoms with Crippen LogP contribution in [0.15, 0.2) is 5.10 Å². The molecule has 0 radical (unpaired) electrons. The van der Waals surface area contributed by atoms with Gasteiger partial charge in [-0.15, -0.1) is 0 Å². The van der Waals surface area contributed by atoms with E-state index in [1.54, 1.807) is 6.21 Å². The summed E-state index contributed by atoms with van der Waals surface area (Å²) in [4.78, 5) is 0. The number of nitrogens with one attached hydrogen (secondary N) is 1. The second-order valence-corrected chi connectivity index (χ2v) is 3.82. The zero-order chi connectivity index (χ0) is 10.3. The SMILES string of the molecule is CC(C)(/C=N/NC(N)=S)CCC#N. The van der Waals surface area contributed by atoms with Crippen molar-refractivity contribution in [1.82, 2.24) is 5.43 Å². The molecule has 0 atom stereocenters. The van der Waals surface area contributed by atoms with E-state index in [0.717, 1.165) is 6.42 Å². The summed E-state index contributed by atoms with van der Waals surface area (Å²) in [7, 11) is 0. The van der Waals surface area contributed by atoms with E-state index in [9.17, 15) is 0 Å². The first-order valence-corrected chi connectivity index (χ1v) is 4.35. The highest BCUT2D eigenvalue weighted by Gasteiger charge is 2.13. The third kappa shape index (κ3) is 7.22. The topological polar surface area (TPSA) is 74.2 Å². The third-order valence-corrected chi connectivity index (χ3v) is 1.56. The van der Waals surface area contributed by atoms with Crippen LogP contribution in [0, 0.1) is 16.7 Å². The molecule has 0 aromatic carbocycles. The van der Waals surface area contributed by atoms with E-state index in [2.05, 4.69) is 28.8 Å².